The van der Waals surface area contributed by atoms with Gasteiger partial charge in [0.2, 0.25) is 0 Å². The van der Waals surface area contributed by atoms with Crippen LogP contribution in [0.5, 0.6) is 0 Å². The van der Waals surface area contributed by atoms with Crippen LogP contribution in [0.3, 0.4) is 0 Å². The average Bonchev–Trinajstić information content (AvgIpc) is 2.58. The van der Waals surface area contributed by atoms with Crippen molar-refractivity contribution >= 4 is 5.97 Å². The third kappa shape index (κ3) is 1.39. The zero-order valence-electron chi connectivity index (χ0n) is 6.68. The fraction of sp³-hybridized carbons (Fsp3) is 0.889. The molecule has 2 aliphatic carbocycles. The van der Waals surface area contributed by atoms with Crippen molar-refractivity contribution in [3.8, 4) is 0 Å². The van der Waals surface area contributed by atoms with Gasteiger partial charge in [0.25, 0.3) is 0 Å². The van der Waals surface area contributed by atoms with E-state index in [4.69, 9.17) is 5.11 Å². The van der Waals surface area contributed by atoms with Crippen LogP contribution in [0.25, 0.3) is 0 Å². The van der Waals surface area contributed by atoms with Gasteiger partial charge in [-0.2, -0.15) is 0 Å². The molecule has 2 nitrogen and oxygen atoms in total. The lowest BCUT2D eigenvalue weighted by Gasteiger charge is -2.35. The largest absolute Gasteiger partial charge is 0.481 e. The summed E-state index contributed by atoms with van der Waals surface area (Å²) in [6, 6.07) is 0. The number of hydrogen-bond donors (Lipinski definition) is 1. The number of rotatable bonds is 3. The molecule has 0 atom stereocenters. The number of carboxylic acids is 1. The Bertz CT molecular complexity index is 174. The molecular weight excluding hydrogens is 140 g/mol. The van der Waals surface area contributed by atoms with Gasteiger partial charge in [-0.15, -0.1) is 0 Å². The molecule has 0 bridgehead atoms. The van der Waals surface area contributed by atoms with E-state index in [2.05, 4.69) is 0 Å². The van der Waals surface area contributed by atoms with Crippen molar-refractivity contribution in [1.29, 1.82) is 0 Å². The van der Waals surface area contributed by atoms with Crippen LogP contribution < -0.4 is 0 Å². The van der Waals surface area contributed by atoms with Gasteiger partial charge in [-0.25, -0.2) is 0 Å². The SMILES string of the molecule is O=C(O)CCC1CC2(CC2)C1. The lowest BCUT2D eigenvalue weighted by atomic mass is 9.70. The fourth-order valence-corrected chi connectivity index (χ4v) is 2.28. The van der Waals surface area contributed by atoms with Gasteiger partial charge in [0.05, 0.1) is 0 Å². The molecule has 11 heavy (non-hydrogen) atoms. The van der Waals surface area contributed by atoms with E-state index >= 15 is 0 Å². The first kappa shape index (κ1) is 7.14. The lowest BCUT2D eigenvalue weighted by molar-refractivity contribution is -0.137. The summed E-state index contributed by atoms with van der Waals surface area (Å²) in [6.45, 7) is 0. The first-order valence-electron chi connectivity index (χ1n) is 4.42. The van der Waals surface area contributed by atoms with Gasteiger partial charge in [0.1, 0.15) is 0 Å². The molecule has 2 saturated carbocycles. The Morgan fingerprint density at radius 2 is 2.09 bits per heavy atom. The molecule has 1 spiro atoms. The molecule has 2 fully saturated rings. The van der Waals surface area contributed by atoms with Crippen LogP contribution in [0.4, 0.5) is 0 Å². The van der Waals surface area contributed by atoms with Gasteiger partial charge in [-0.1, -0.05) is 0 Å². The number of carbonyl (C=O) groups is 1. The molecule has 2 rings (SSSR count). The summed E-state index contributed by atoms with van der Waals surface area (Å²) in [4.78, 5) is 10.2. The fourth-order valence-electron chi connectivity index (χ4n) is 2.28. The molecule has 0 heterocycles. The molecule has 0 unspecified atom stereocenters. The van der Waals surface area contributed by atoms with Crippen molar-refractivity contribution in [2.24, 2.45) is 11.3 Å². The zero-order chi connectivity index (χ0) is 7.90. The van der Waals surface area contributed by atoms with Crippen molar-refractivity contribution in [1.82, 2.24) is 0 Å². The van der Waals surface area contributed by atoms with Gasteiger partial charge in [-0.05, 0) is 43.4 Å². The topological polar surface area (TPSA) is 37.3 Å². The van der Waals surface area contributed by atoms with E-state index in [9.17, 15) is 4.79 Å². The van der Waals surface area contributed by atoms with Crippen molar-refractivity contribution < 1.29 is 9.90 Å². The van der Waals surface area contributed by atoms with E-state index < -0.39 is 5.97 Å². The molecule has 0 amide bonds. The maximum atomic E-state index is 10.2. The van der Waals surface area contributed by atoms with E-state index in [-0.39, 0.29) is 0 Å². The summed E-state index contributed by atoms with van der Waals surface area (Å²) < 4.78 is 0. The van der Waals surface area contributed by atoms with E-state index in [1.165, 1.54) is 25.7 Å². The predicted octanol–water partition coefficient (Wildman–Crippen LogP) is 2.04. The molecule has 0 aromatic heterocycles. The maximum absolute atomic E-state index is 10.2. The first-order chi connectivity index (χ1) is 5.20. The van der Waals surface area contributed by atoms with Gasteiger partial charge < -0.3 is 5.11 Å². The second-order valence-electron chi connectivity index (χ2n) is 4.21. The normalized spacial score (nSPS) is 26.5. The van der Waals surface area contributed by atoms with Gasteiger partial charge in [0.15, 0.2) is 0 Å². The van der Waals surface area contributed by atoms with E-state index in [0.29, 0.717) is 6.42 Å². The highest BCUT2D eigenvalue weighted by Crippen LogP contribution is 2.64. The monoisotopic (exact) mass is 154 g/mol. The molecular formula is C9H14O2. The standard InChI is InChI=1S/C9H14O2/c10-8(11)2-1-7-5-9(6-7)3-4-9/h7H,1-6H2,(H,10,11). The molecule has 0 saturated heterocycles. The molecule has 2 heteroatoms. The van der Waals surface area contributed by atoms with E-state index in [1.54, 1.807) is 0 Å². The van der Waals surface area contributed by atoms with Crippen molar-refractivity contribution in [2.45, 2.75) is 38.5 Å². The molecule has 62 valence electrons. The maximum Gasteiger partial charge on any atom is 0.303 e. The molecule has 2 aliphatic rings. The minimum atomic E-state index is -0.637. The van der Waals surface area contributed by atoms with Crippen LogP contribution in [-0.4, -0.2) is 11.1 Å². The Morgan fingerprint density at radius 1 is 1.45 bits per heavy atom. The number of carboxylic acid groups (broad SMARTS) is 1. The molecule has 0 aromatic carbocycles. The summed E-state index contributed by atoms with van der Waals surface area (Å²) in [5.41, 5.74) is 0.739. The molecule has 0 aliphatic heterocycles. The summed E-state index contributed by atoms with van der Waals surface area (Å²) >= 11 is 0. The summed E-state index contributed by atoms with van der Waals surface area (Å²) in [6.07, 6.45) is 6.76. The highest BCUT2D eigenvalue weighted by molar-refractivity contribution is 5.66. The molecule has 1 N–H and O–H groups in total. The predicted molar refractivity (Wildman–Crippen MR) is 41.3 cm³/mol. The van der Waals surface area contributed by atoms with Crippen molar-refractivity contribution in [2.75, 3.05) is 0 Å². The Hall–Kier alpha value is -0.530. The Balaban J connectivity index is 1.63. The first-order valence-corrected chi connectivity index (χ1v) is 4.42. The van der Waals surface area contributed by atoms with Crippen LogP contribution in [0.2, 0.25) is 0 Å². The summed E-state index contributed by atoms with van der Waals surface area (Å²) in [5, 5.41) is 8.43. The number of hydrogen-bond acceptors (Lipinski definition) is 1. The van der Waals surface area contributed by atoms with Crippen LogP contribution in [0.15, 0.2) is 0 Å². The van der Waals surface area contributed by atoms with Gasteiger partial charge in [0, 0.05) is 6.42 Å². The Kier molecular flexibility index (Phi) is 1.44. The molecule has 0 aromatic rings. The minimum absolute atomic E-state index is 0.376. The lowest BCUT2D eigenvalue weighted by Crippen LogP contribution is -2.25. The number of aliphatic carboxylic acids is 1. The second-order valence-corrected chi connectivity index (χ2v) is 4.21. The Morgan fingerprint density at radius 3 is 2.55 bits per heavy atom. The Labute approximate surface area is 66.6 Å². The highest BCUT2D eigenvalue weighted by Gasteiger charge is 2.52. The minimum Gasteiger partial charge on any atom is -0.481 e. The quantitative estimate of drug-likeness (QED) is 0.675. The van der Waals surface area contributed by atoms with Crippen LogP contribution in [0.1, 0.15) is 38.5 Å². The third-order valence-electron chi connectivity index (χ3n) is 3.17. The van der Waals surface area contributed by atoms with Crippen LogP contribution in [-0.2, 0) is 4.79 Å². The average molecular weight is 154 g/mol. The van der Waals surface area contributed by atoms with Crippen LogP contribution in [0, 0.1) is 11.3 Å². The second kappa shape index (κ2) is 2.23. The highest BCUT2D eigenvalue weighted by atomic mass is 16.4. The third-order valence-corrected chi connectivity index (χ3v) is 3.17. The summed E-state index contributed by atoms with van der Waals surface area (Å²) in [5.74, 6) is 0.107. The van der Waals surface area contributed by atoms with E-state index in [0.717, 1.165) is 17.8 Å². The van der Waals surface area contributed by atoms with E-state index in [1.807, 2.05) is 0 Å². The zero-order valence-corrected chi connectivity index (χ0v) is 6.68. The van der Waals surface area contributed by atoms with Crippen LogP contribution >= 0.6 is 0 Å². The van der Waals surface area contributed by atoms with Gasteiger partial charge in [-0.3, -0.25) is 4.79 Å². The molecule has 0 radical (unpaired) electrons. The smallest absolute Gasteiger partial charge is 0.303 e. The van der Waals surface area contributed by atoms with Gasteiger partial charge >= 0.3 is 5.97 Å². The van der Waals surface area contributed by atoms with Crippen molar-refractivity contribution in [3.05, 3.63) is 0 Å². The van der Waals surface area contributed by atoms with Crippen molar-refractivity contribution in [3.63, 3.8) is 0 Å². The summed E-state index contributed by atoms with van der Waals surface area (Å²) in [7, 11) is 0.